The molecule has 0 aromatic carbocycles. The van der Waals surface area contributed by atoms with Crippen LogP contribution < -0.4 is 5.32 Å². The molecule has 0 atom stereocenters. The van der Waals surface area contributed by atoms with Gasteiger partial charge in [0.2, 0.25) is 0 Å². The molecular formula is C12H20N2S. The number of hydrogen-bond donors (Lipinski definition) is 1. The summed E-state index contributed by atoms with van der Waals surface area (Å²) in [7, 11) is 0. The zero-order valence-electron chi connectivity index (χ0n) is 9.62. The van der Waals surface area contributed by atoms with Crippen molar-refractivity contribution in [2.24, 2.45) is 0 Å². The van der Waals surface area contributed by atoms with Crippen molar-refractivity contribution in [3.63, 3.8) is 0 Å². The number of unbranched alkanes of at least 4 members (excludes halogenated alkanes) is 1. The molecule has 0 aliphatic rings. The lowest BCUT2D eigenvalue weighted by Gasteiger charge is -2.04. The minimum atomic E-state index is 0.928. The molecule has 1 rings (SSSR count). The summed E-state index contributed by atoms with van der Waals surface area (Å²) in [6.45, 7) is 5.24. The number of hydrogen-bond acceptors (Lipinski definition) is 3. The first kappa shape index (κ1) is 12.4. The summed E-state index contributed by atoms with van der Waals surface area (Å²) in [5.41, 5.74) is 1.32. The second-order valence-electron chi connectivity index (χ2n) is 3.49. The van der Waals surface area contributed by atoms with E-state index in [1.54, 1.807) is 0 Å². The van der Waals surface area contributed by atoms with Gasteiger partial charge in [-0.1, -0.05) is 19.4 Å². The van der Waals surface area contributed by atoms with Crippen molar-refractivity contribution in [2.45, 2.75) is 32.4 Å². The Morgan fingerprint density at radius 1 is 1.33 bits per heavy atom. The highest BCUT2D eigenvalue weighted by Crippen LogP contribution is 2.14. The predicted molar refractivity (Wildman–Crippen MR) is 69.5 cm³/mol. The zero-order valence-corrected chi connectivity index (χ0v) is 10.4. The summed E-state index contributed by atoms with van der Waals surface area (Å²) in [6, 6.07) is 4.21. The fourth-order valence-corrected chi connectivity index (χ4v) is 2.28. The van der Waals surface area contributed by atoms with Gasteiger partial charge in [0.05, 0.1) is 0 Å². The average molecular weight is 224 g/mol. The van der Waals surface area contributed by atoms with Crippen molar-refractivity contribution in [2.75, 3.05) is 17.6 Å². The molecule has 0 saturated heterocycles. The van der Waals surface area contributed by atoms with Gasteiger partial charge in [-0.3, -0.25) is 0 Å². The van der Waals surface area contributed by atoms with Gasteiger partial charge in [-0.15, -0.1) is 0 Å². The third-order valence-electron chi connectivity index (χ3n) is 2.09. The van der Waals surface area contributed by atoms with Crippen LogP contribution in [0.5, 0.6) is 0 Å². The van der Waals surface area contributed by atoms with Crippen molar-refractivity contribution in [1.82, 2.24) is 4.98 Å². The fraction of sp³-hybridized carbons (Fsp3) is 0.583. The lowest BCUT2D eigenvalue weighted by Crippen LogP contribution is -1.98. The first-order chi connectivity index (χ1) is 7.36. The largest absolute Gasteiger partial charge is 0.370 e. The van der Waals surface area contributed by atoms with E-state index in [0.29, 0.717) is 0 Å². The standard InChI is InChI=1S/C12H20N2S/c1-3-5-8-15-10-11-6-7-12(13-4-2)14-9-11/h6-7,9H,3-5,8,10H2,1-2H3,(H,13,14). The van der Waals surface area contributed by atoms with Crippen molar-refractivity contribution < 1.29 is 0 Å². The Bertz CT molecular complexity index is 259. The molecule has 1 N–H and O–H groups in total. The lowest BCUT2D eigenvalue weighted by molar-refractivity contribution is 0.896. The van der Waals surface area contributed by atoms with E-state index in [1.165, 1.54) is 24.2 Å². The molecule has 0 unspecified atom stereocenters. The average Bonchev–Trinajstić information content (AvgIpc) is 2.27. The molecule has 84 valence electrons. The van der Waals surface area contributed by atoms with Crippen molar-refractivity contribution in [3.05, 3.63) is 23.9 Å². The fourth-order valence-electron chi connectivity index (χ4n) is 1.23. The summed E-state index contributed by atoms with van der Waals surface area (Å²) in [5.74, 6) is 3.31. The third-order valence-corrected chi connectivity index (χ3v) is 3.21. The van der Waals surface area contributed by atoms with Gasteiger partial charge in [-0.2, -0.15) is 11.8 Å². The van der Waals surface area contributed by atoms with E-state index in [9.17, 15) is 0 Å². The lowest BCUT2D eigenvalue weighted by atomic mass is 10.3. The molecule has 2 nitrogen and oxygen atoms in total. The number of rotatable bonds is 7. The Kier molecular flexibility index (Phi) is 6.25. The van der Waals surface area contributed by atoms with Crippen molar-refractivity contribution >= 4 is 17.6 Å². The van der Waals surface area contributed by atoms with Crippen LogP contribution in [0.2, 0.25) is 0 Å². The molecule has 15 heavy (non-hydrogen) atoms. The molecule has 0 spiro atoms. The number of thioether (sulfide) groups is 1. The van der Waals surface area contributed by atoms with E-state index in [-0.39, 0.29) is 0 Å². The zero-order chi connectivity index (χ0) is 10.9. The van der Waals surface area contributed by atoms with Crippen LogP contribution in [0, 0.1) is 0 Å². The molecule has 3 heteroatoms. The maximum Gasteiger partial charge on any atom is 0.125 e. The highest BCUT2D eigenvalue weighted by molar-refractivity contribution is 7.98. The highest BCUT2D eigenvalue weighted by Gasteiger charge is 1.95. The molecule has 1 aromatic rings. The molecule has 0 fully saturated rings. The SMILES string of the molecule is CCCCSCc1ccc(NCC)nc1. The number of nitrogens with zero attached hydrogens (tertiary/aromatic N) is 1. The number of anilines is 1. The van der Waals surface area contributed by atoms with Crippen LogP contribution >= 0.6 is 11.8 Å². The molecule has 0 bridgehead atoms. The van der Waals surface area contributed by atoms with Crippen LogP contribution in [0.4, 0.5) is 5.82 Å². The maximum absolute atomic E-state index is 4.34. The van der Waals surface area contributed by atoms with Gasteiger partial charge >= 0.3 is 0 Å². The second-order valence-corrected chi connectivity index (χ2v) is 4.59. The monoisotopic (exact) mass is 224 g/mol. The Balaban J connectivity index is 2.29. The van der Waals surface area contributed by atoms with E-state index in [0.717, 1.165) is 18.1 Å². The van der Waals surface area contributed by atoms with Crippen LogP contribution in [0.25, 0.3) is 0 Å². The number of pyridine rings is 1. The molecular weight excluding hydrogens is 204 g/mol. The van der Waals surface area contributed by atoms with Crippen LogP contribution in [-0.2, 0) is 5.75 Å². The molecule has 0 amide bonds. The predicted octanol–water partition coefficient (Wildman–Crippen LogP) is 3.55. The second kappa shape index (κ2) is 7.57. The molecule has 1 heterocycles. The first-order valence-corrected chi connectivity index (χ1v) is 6.78. The number of nitrogens with one attached hydrogen (secondary N) is 1. The summed E-state index contributed by atoms with van der Waals surface area (Å²) in [6.07, 6.45) is 4.56. The third kappa shape index (κ3) is 5.07. The Hall–Kier alpha value is -0.700. The van der Waals surface area contributed by atoms with Gasteiger partial charge in [-0.05, 0) is 30.7 Å². The van der Waals surface area contributed by atoms with Crippen LogP contribution in [0.3, 0.4) is 0 Å². The smallest absolute Gasteiger partial charge is 0.125 e. The summed E-state index contributed by atoms with van der Waals surface area (Å²) in [4.78, 5) is 4.34. The van der Waals surface area contributed by atoms with E-state index in [1.807, 2.05) is 18.0 Å². The van der Waals surface area contributed by atoms with E-state index in [4.69, 9.17) is 0 Å². The number of aromatic nitrogens is 1. The Labute approximate surface area is 96.9 Å². The van der Waals surface area contributed by atoms with Gasteiger partial charge in [0.25, 0.3) is 0 Å². The van der Waals surface area contributed by atoms with Gasteiger partial charge in [0.1, 0.15) is 5.82 Å². The topological polar surface area (TPSA) is 24.9 Å². The van der Waals surface area contributed by atoms with Crippen LogP contribution in [0.1, 0.15) is 32.3 Å². The van der Waals surface area contributed by atoms with Gasteiger partial charge < -0.3 is 5.32 Å². The van der Waals surface area contributed by atoms with E-state index in [2.05, 4.69) is 36.3 Å². The van der Waals surface area contributed by atoms with Gasteiger partial charge in [0.15, 0.2) is 0 Å². The van der Waals surface area contributed by atoms with Crippen molar-refractivity contribution in [1.29, 1.82) is 0 Å². The Morgan fingerprint density at radius 3 is 2.80 bits per heavy atom. The maximum atomic E-state index is 4.34. The Morgan fingerprint density at radius 2 is 2.20 bits per heavy atom. The van der Waals surface area contributed by atoms with Crippen LogP contribution in [0.15, 0.2) is 18.3 Å². The summed E-state index contributed by atoms with van der Waals surface area (Å²) >= 11 is 1.99. The molecule has 1 aromatic heterocycles. The quantitative estimate of drug-likeness (QED) is 0.717. The van der Waals surface area contributed by atoms with Gasteiger partial charge in [0, 0.05) is 18.5 Å². The summed E-state index contributed by atoms with van der Waals surface area (Å²) in [5, 5.41) is 3.19. The summed E-state index contributed by atoms with van der Waals surface area (Å²) < 4.78 is 0. The highest BCUT2D eigenvalue weighted by atomic mass is 32.2. The molecule has 0 radical (unpaired) electrons. The molecule has 0 aliphatic heterocycles. The van der Waals surface area contributed by atoms with E-state index >= 15 is 0 Å². The van der Waals surface area contributed by atoms with Crippen LogP contribution in [-0.4, -0.2) is 17.3 Å². The van der Waals surface area contributed by atoms with Gasteiger partial charge in [-0.25, -0.2) is 4.98 Å². The first-order valence-electron chi connectivity index (χ1n) is 5.63. The minimum absolute atomic E-state index is 0.928. The normalized spacial score (nSPS) is 10.3. The minimum Gasteiger partial charge on any atom is -0.370 e. The van der Waals surface area contributed by atoms with Crippen molar-refractivity contribution in [3.8, 4) is 0 Å². The molecule has 0 saturated carbocycles. The van der Waals surface area contributed by atoms with E-state index < -0.39 is 0 Å². The molecule has 0 aliphatic carbocycles.